The monoisotopic (exact) mass is 161 g/mol. The van der Waals surface area contributed by atoms with E-state index >= 15 is 0 Å². The van der Waals surface area contributed by atoms with Crippen molar-refractivity contribution in [3.8, 4) is 0 Å². The Morgan fingerprint density at radius 1 is 1.20 bits per heavy atom. The van der Waals surface area contributed by atoms with Crippen LogP contribution in [0.2, 0.25) is 0 Å². The van der Waals surface area contributed by atoms with Gasteiger partial charge in [0.05, 0.1) is 0 Å². The third-order valence-electron chi connectivity index (χ3n) is 1.14. The van der Waals surface area contributed by atoms with Crippen LogP contribution in [0.1, 0.15) is 5.56 Å². The number of hydrogen-bond acceptors (Lipinski definition) is 1. The molecule has 0 atom stereocenters. The average molecular weight is 161 g/mol. The molecule has 1 rings (SSSR count). The molecule has 3 heteroatoms. The van der Waals surface area contributed by atoms with Crippen LogP contribution in [0.4, 0.5) is 0 Å². The number of rotatable bonds is 1. The Morgan fingerprint density at radius 2 is 1.70 bits per heavy atom. The maximum absolute atomic E-state index is 6.93. The Hall–Kier alpha value is 0.530. The molecule has 0 spiro atoms. The first-order valence-electron chi connectivity index (χ1n) is 2.73. The van der Waals surface area contributed by atoms with Crippen molar-refractivity contribution < 1.29 is 29.6 Å². The number of benzene rings is 1. The largest absolute Gasteiger partial charge is 1.00 e. The van der Waals surface area contributed by atoms with Crippen LogP contribution < -0.4 is 29.6 Å². The first kappa shape index (κ1) is 10.5. The molecule has 0 aliphatic rings. The molecule has 1 aromatic carbocycles. The van der Waals surface area contributed by atoms with Gasteiger partial charge in [-0.25, -0.2) is 0 Å². The molecule has 1 nitrogen and oxygen atoms in total. The van der Waals surface area contributed by atoms with Gasteiger partial charge in [-0.2, -0.15) is 0 Å². The van der Waals surface area contributed by atoms with Gasteiger partial charge in [-0.05, 0) is 24.0 Å². The van der Waals surface area contributed by atoms with Gasteiger partial charge in [0.15, 0.2) is 0 Å². The third-order valence-corrected chi connectivity index (χ3v) is 1.65. The quantitative estimate of drug-likeness (QED) is 0.422. The van der Waals surface area contributed by atoms with E-state index < -0.39 is 0 Å². The summed E-state index contributed by atoms with van der Waals surface area (Å²) in [4.78, 5) is 1.00. The van der Waals surface area contributed by atoms with Gasteiger partial charge in [-0.1, -0.05) is 17.7 Å². The summed E-state index contributed by atoms with van der Waals surface area (Å²) in [5, 5.41) is 6.93. The summed E-state index contributed by atoms with van der Waals surface area (Å²) in [6.07, 6.45) is 0. The zero-order valence-electron chi connectivity index (χ0n) is 6.22. The summed E-state index contributed by atoms with van der Waals surface area (Å²) >= 11 is 1.03. The van der Waals surface area contributed by atoms with Gasteiger partial charge in [-0.3, -0.25) is 11.9 Å². The zero-order chi connectivity index (χ0) is 6.69. The van der Waals surface area contributed by atoms with Crippen molar-refractivity contribution in [3.63, 3.8) is 0 Å². The molecule has 0 aliphatic carbocycles. The van der Waals surface area contributed by atoms with Gasteiger partial charge in [0.2, 0.25) is 0 Å². The van der Waals surface area contributed by atoms with Crippen molar-refractivity contribution in [2.45, 2.75) is 11.8 Å². The van der Waals surface area contributed by atoms with E-state index in [9.17, 15) is 0 Å². The van der Waals surface area contributed by atoms with E-state index in [1.54, 1.807) is 0 Å². The summed E-state index contributed by atoms with van der Waals surface area (Å²) in [5.74, 6) is 0. The Balaban J connectivity index is 0.000000810. The van der Waals surface area contributed by atoms with Gasteiger partial charge >= 0.3 is 29.6 Å². The zero-order valence-corrected chi connectivity index (χ0v) is 9.03. The fourth-order valence-electron chi connectivity index (χ4n) is 0.606. The average Bonchev–Trinajstić information content (AvgIpc) is 1.90. The molecule has 0 saturated carbocycles. The molecule has 0 bridgehead atoms. The molecule has 0 aliphatic heterocycles. The Morgan fingerprint density at radius 3 is 2.10 bits per heavy atom. The summed E-state index contributed by atoms with van der Waals surface area (Å²) in [7, 11) is 0. The minimum atomic E-state index is 0. The predicted molar refractivity (Wildman–Crippen MR) is 41.4 cm³/mol. The van der Waals surface area contributed by atoms with Crippen LogP contribution in [0.3, 0.4) is 0 Å². The van der Waals surface area contributed by atoms with Crippen LogP contribution >= 0.6 is 11.9 Å². The van der Waals surface area contributed by atoms with Crippen molar-refractivity contribution in [1.29, 1.82) is 0 Å². The standard InChI is InChI=1S/C7H8NS.Na/c1-6-2-4-7(9-8)5-3-6;/h2-5,8H,1H3;/q-1;+1. The van der Waals surface area contributed by atoms with Crippen LogP contribution in [0.5, 0.6) is 0 Å². The Kier molecular flexibility index (Phi) is 5.49. The molecule has 0 fully saturated rings. The van der Waals surface area contributed by atoms with E-state index in [2.05, 4.69) is 0 Å². The van der Waals surface area contributed by atoms with Crippen molar-refractivity contribution in [2.75, 3.05) is 0 Å². The van der Waals surface area contributed by atoms with Crippen molar-refractivity contribution >= 4 is 11.9 Å². The summed E-state index contributed by atoms with van der Waals surface area (Å²) in [5.41, 5.74) is 1.24. The first-order valence-corrected chi connectivity index (χ1v) is 3.55. The van der Waals surface area contributed by atoms with Crippen molar-refractivity contribution in [1.82, 2.24) is 0 Å². The molecule has 1 aromatic rings. The molecule has 0 heterocycles. The minimum Gasteiger partial charge on any atom is -0.617 e. The van der Waals surface area contributed by atoms with Crippen LogP contribution in [0.15, 0.2) is 29.2 Å². The maximum Gasteiger partial charge on any atom is 1.00 e. The smallest absolute Gasteiger partial charge is 0.617 e. The van der Waals surface area contributed by atoms with Gasteiger partial charge < -0.3 is 5.14 Å². The fraction of sp³-hybridized carbons (Fsp3) is 0.143. The molecule has 0 aromatic heterocycles. The van der Waals surface area contributed by atoms with E-state index in [1.807, 2.05) is 31.2 Å². The third kappa shape index (κ3) is 3.08. The van der Waals surface area contributed by atoms with Gasteiger partial charge in [0.1, 0.15) is 0 Å². The molecule has 10 heavy (non-hydrogen) atoms. The molecule has 1 N–H and O–H groups in total. The van der Waals surface area contributed by atoms with E-state index in [0.29, 0.717) is 0 Å². The van der Waals surface area contributed by atoms with Crippen LogP contribution in [-0.4, -0.2) is 0 Å². The normalized spacial score (nSPS) is 8.60. The predicted octanol–water partition coefficient (Wildman–Crippen LogP) is 0.0583. The summed E-state index contributed by atoms with van der Waals surface area (Å²) < 4.78 is 0. The molecule has 0 saturated heterocycles. The Labute approximate surface area is 87.8 Å². The molecule has 48 valence electrons. The fourth-order valence-corrected chi connectivity index (χ4v) is 0.878. The molecular formula is C7H8NNaS. The van der Waals surface area contributed by atoms with E-state index in [0.717, 1.165) is 16.8 Å². The van der Waals surface area contributed by atoms with E-state index in [4.69, 9.17) is 5.14 Å². The molecule has 0 unspecified atom stereocenters. The second-order valence-corrected chi connectivity index (χ2v) is 2.59. The SMILES string of the molecule is Cc1ccc(S[NH-])cc1.[Na+]. The topological polar surface area (TPSA) is 23.8 Å². The van der Waals surface area contributed by atoms with Crippen LogP contribution in [-0.2, 0) is 0 Å². The second-order valence-electron chi connectivity index (χ2n) is 1.92. The number of hydrogen-bond donors (Lipinski definition) is 0. The van der Waals surface area contributed by atoms with Crippen LogP contribution in [0, 0.1) is 6.92 Å². The minimum absolute atomic E-state index is 0. The summed E-state index contributed by atoms with van der Waals surface area (Å²) in [6, 6.07) is 7.92. The van der Waals surface area contributed by atoms with Crippen molar-refractivity contribution in [2.24, 2.45) is 0 Å². The van der Waals surface area contributed by atoms with E-state index in [-0.39, 0.29) is 29.6 Å². The van der Waals surface area contributed by atoms with Crippen molar-refractivity contribution in [3.05, 3.63) is 35.0 Å². The number of aryl methyl sites for hydroxylation is 1. The second kappa shape index (κ2) is 5.22. The Bertz CT molecular complexity index is 185. The molecular weight excluding hydrogens is 153 g/mol. The maximum atomic E-state index is 6.93. The van der Waals surface area contributed by atoms with Gasteiger partial charge in [0.25, 0.3) is 0 Å². The van der Waals surface area contributed by atoms with Gasteiger partial charge in [0, 0.05) is 0 Å². The van der Waals surface area contributed by atoms with E-state index in [1.165, 1.54) is 5.56 Å². The van der Waals surface area contributed by atoms with Crippen LogP contribution in [0.25, 0.3) is 5.14 Å². The number of nitrogens with one attached hydrogen (secondary N) is 1. The van der Waals surface area contributed by atoms with Gasteiger partial charge in [-0.15, -0.1) is 0 Å². The molecule has 0 radical (unpaired) electrons. The first-order chi connectivity index (χ1) is 4.33. The molecule has 0 amide bonds. The summed E-state index contributed by atoms with van der Waals surface area (Å²) in [6.45, 7) is 2.04.